The van der Waals surface area contributed by atoms with Gasteiger partial charge < -0.3 is 14.8 Å². The summed E-state index contributed by atoms with van der Waals surface area (Å²) < 4.78 is 38.8. The second-order valence-corrected chi connectivity index (χ2v) is 10.2. The number of para-hydroxylation sites is 2. The molecule has 10 heteroatoms. The fourth-order valence-corrected chi connectivity index (χ4v) is 6.30. The van der Waals surface area contributed by atoms with Gasteiger partial charge in [0.25, 0.3) is 0 Å². The third-order valence-electron chi connectivity index (χ3n) is 5.41. The van der Waals surface area contributed by atoms with E-state index in [1.54, 1.807) is 6.07 Å². The van der Waals surface area contributed by atoms with Crippen molar-refractivity contribution in [3.8, 4) is 11.5 Å². The molecule has 0 aliphatic carbocycles. The number of hydrogen-bond donors (Lipinski definition) is 1. The normalized spacial score (nSPS) is 19.7. The number of rotatable bonds is 5. The maximum Gasteiger partial charge on any atom is 0.246 e. The number of carbonyl (C=O) groups excluding carboxylic acids is 1. The van der Waals surface area contributed by atoms with Gasteiger partial charge in [-0.2, -0.15) is 4.31 Å². The first-order chi connectivity index (χ1) is 14.9. The molecule has 0 aromatic heterocycles. The van der Waals surface area contributed by atoms with Gasteiger partial charge in [-0.05, 0) is 37.1 Å². The van der Waals surface area contributed by atoms with Gasteiger partial charge >= 0.3 is 0 Å². The molecule has 2 aliphatic rings. The molecular formula is C21H22Cl2N2O5S. The first-order valence-electron chi connectivity index (χ1n) is 9.96. The smallest absolute Gasteiger partial charge is 0.246 e. The van der Waals surface area contributed by atoms with Crippen LogP contribution >= 0.6 is 23.2 Å². The number of hydrogen-bond acceptors (Lipinski definition) is 5. The van der Waals surface area contributed by atoms with Crippen LogP contribution in [0.3, 0.4) is 0 Å². The molecule has 2 heterocycles. The molecule has 0 bridgehead atoms. The van der Waals surface area contributed by atoms with E-state index in [1.807, 2.05) is 24.3 Å². The molecule has 166 valence electrons. The van der Waals surface area contributed by atoms with Crippen molar-refractivity contribution >= 4 is 39.1 Å². The highest BCUT2D eigenvalue weighted by Crippen LogP contribution is 2.34. The predicted octanol–water partition coefficient (Wildman–Crippen LogP) is 3.35. The van der Waals surface area contributed by atoms with Crippen molar-refractivity contribution in [3.05, 3.63) is 52.5 Å². The van der Waals surface area contributed by atoms with E-state index >= 15 is 0 Å². The highest BCUT2D eigenvalue weighted by atomic mass is 35.5. The largest absolute Gasteiger partial charge is 0.486 e. The summed E-state index contributed by atoms with van der Waals surface area (Å²) in [7, 11) is -3.83. The second-order valence-electron chi connectivity index (χ2n) is 7.47. The molecule has 1 amide bonds. The van der Waals surface area contributed by atoms with E-state index in [2.05, 4.69) is 5.32 Å². The zero-order valence-corrected chi connectivity index (χ0v) is 18.9. The zero-order valence-electron chi connectivity index (χ0n) is 16.6. The van der Waals surface area contributed by atoms with Gasteiger partial charge in [0.15, 0.2) is 11.5 Å². The van der Waals surface area contributed by atoms with Crippen molar-refractivity contribution in [2.75, 3.05) is 26.2 Å². The van der Waals surface area contributed by atoms with Crippen LogP contribution in [0.25, 0.3) is 0 Å². The lowest BCUT2D eigenvalue weighted by atomic mass is 9.97. The first-order valence-corrected chi connectivity index (χ1v) is 12.2. The van der Waals surface area contributed by atoms with E-state index in [-0.39, 0.29) is 46.0 Å². The second kappa shape index (κ2) is 9.24. The molecule has 1 saturated heterocycles. The van der Waals surface area contributed by atoms with Gasteiger partial charge in [-0.25, -0.2) is 8.42 Å². The monoisotopic (exact) mass is 484 g/mol. The van der Waals surface area contributed by atoms with Crippen LogP contribution in [0.1, 0.15) is 12.8 Å². The van der Waals surface area contributed by atoms with Crippen LogP contribution in [0.4, 0.5) is 0 Å². The van der Waals surface area contributed by atoms with Gasteiger partial charge in [0.1, 0.15) is 17.6 Å². The maximum atomic E-state index is 13.0. The highest BCUT2D eigenvalue weighted by molar-refractivity contribution is 7.89. The summed E-state index contributed by atoms with van der Waals surface area (Å²) in [6.45, 7) is 1.12. The Balaban J connectivity index is 1.30. The third-order valence-corrected chi connectivity index (χ3v) is 8.27. The van der Waals surface area contributed by atoms with E-state index in [0.717, 1.165) is 0 Å². The fraction of sp³-hybridized carbons (Fsp3) is 0.381. The Morgan fingerprint density at radius 3 is 2.35 bits per heavy atom. The molecule has 1 N–H and O–H groups in total. The fourth-order valence-electron chi connectivity index (χ4n) is 3.74. The lowest BCUT2D eigenvalue weighted by molar-refractivity contribution is -0.126. The molecule has 0 spiro atoms. The van der Waals surface area contributed by atoms with Crippen LogP contribution in [0.5, 0.6) is 11.5 Å². The average molecular weight is 485 g/mol. The van der Waals surface area contributed by atoms with Crippen LogP contribution < -0.4 is 14.8 Å². The lowest BCUT2D eigenvalue weighted by Crippen LogP contribution is -2.46. The van der Waals surface area contributed by atoms with Crippen molar-refractivity contribution in [2.45, 2.75) is 23.8 Å². The van der Waals surface area contributed by atoms with E-state index in [9.17, 15) is 13.2 Å². The van der Waals surface area contributed by atoms with Crippen LogP contribution in [-0.4, -0.2) is 51.0 Å². The Morgan fingerprint density at radius 1 is 1.03 bits per heavy atom. The number of fused-ring (bicyclic) bond motifs is 1. The van der Waals surface area contributed by atoms with E-state index in [1.165, 1.54) is 16.4 Å². The minimum atomic E-state index is -3.83. The van der Waals surface area contributed by atoms with E-state index in [4.69, 9.17) is 32.7 Å². The van der Waals surface area contributed by atoms with Gasteiger partial charge in [-0.15, -0.1) is 0 Å². The molecule has 2 aromatic carbocycles. The molecule has 4 rings (SSSR count). The number of amides is 1. The minimum Gasteiger partial charge on any atom is -0.486 e. The number of benzene rings is 2. The molecule has 2 aromatic rings. The molecule has 31 heavy (non-hydrogen) atoms. The van der Waals surface area contributed by atoms with Gasteiger partial charge in [-0.1, -0.05) is 41.4 Å². The summed E-state index contributed by atoms with van der Waals surface area (Å²) in [6.07, 6.45) is 0.553. The highest BCUT2D eigenvalue weighted by Gasteiger charge is 2.34. The van der Waals surface area contributed by atoms with Gasteiger partial charge in [0.05, 0.1) is 16.6 Å². The summed E-state index contributed by atoms with van der Waals surface area (Å²) in [4.78, 5) is 12.5. The minimum absolute atomic E-state index is 0.0867. The van der Waals surface area contributed by atoms with Crippen LogP contribution in [0.15, 0.2) is 47.4 Å². The van der Waals surface area contributed by atoms with E-state index < -0.39 is 10.0 Å². The molecule has 1 unspecified atom stereocenters. The predicted molar refractivity (Wildman–Crippen MR) is 117 cm³/mol. The van der Waals surface area contributed by atoms with Crippen molar-refractivity contribution < 1.29 is 22.7 Å². The Hall–Kier alpha value is -2.00. The number of nitrogens with zero attached hydrogens (tertiary/aromatic N) is 1. The van der Waals surface area contributed by atoms with Gasteiger partial charge in [0, 0.05) is 19.0 Å². The van der Waals surface area contributed by atoms with Crippen molar-refractivity contribution in [1.29, 1.82) is 0 Å². The molecule has 0 radical (unpaired) electrons. The van der Waals surface area contributed by atoms with Crippen molar-refractivity contribution in [1.82, 2.24) is 9.62 Å². The standard InChI is InChI=1S/C21H22Cl2N2O5S/c22-16-4-3-5-17(23)20(16)31(27,28)25-10-8-14(9-11-25)21(26)24-12-15-13-29-18-6-1-2-7-19(18)30-15/h1-7,14-15H,8-13H2,(H,24,26). The topological polar surface area (TPSA) is 84.9 Å². The number of ether oxygens (including phenoxy) is 2. The maximum absolute atomic E-state index is 13.0. The number of piperidine rings is 1. The van der Waals surface area contributed by atoms with Gasteiger partial charge in [-0.3, -0.25) is 4.79 Å². The molecule has 1 fully saturated rings. The molecule has 2 aliphatic heterocycles. The van der Waals surface area contributed by atoms with Crippen molar-refractivity contribution in [2.24, 2.45) is 5.92 Å². The lowest BCUT2D eigenvalue weighted by Gasteiger charge is -2.31. The summed E-state index contributed by atoms with van der Waals surface area (Å²) in [6, 6.07) is 12.0. The Bertz CT molecular complexity index is 1050. The Labute approximate surface area is 191 Å². The molecule has 7 nitrogen and oxygen atoms in total. The molecule has 0 saturated carbocycles. The molecular weight excluding hydrogens is 463 g/mol. The van der Waals surface area contributed by atoms with Crippen LogP contribution in [0, 0.1) is 5.92 Å². The SMILES string of the molecule is O=C(NCC1COc2ccccc2O1)C1CCN(S(=O)(=O)c2c(Cl)cccc2Cl)CC1. The summed E-state index contributed by atoms with van der Waals surface area (Å²) in [5.41, 5.74) is 0. The summed E-state index contributed by atoms with van der Waals surface area (Å²) >= 11 is 12.2. The van der Waals surface area contributed by atoms with Crippen LogP contribution in [0.2, 0.25) is 10.0 Å². The van der Waals surface area contributed by atoms with Gasteiger partial charge in [0.2, 0.25) is 15.9 Å². The Morgan fingerprint density at radius 2 is 1.68 bits per heavy atom. The Kier molecular flexibility index (Phi) is 6.62. The number of halogens is 2. The summed E-state index contributed by atoms with van der Waals surface area (Å²) in [5, 5.41) is 3.08. The van der Waals surface area contributed by atoms with E-state index in [0.29, 0.717) is 37.5 Å². The third kappa shape index (κ3) is 4.77. The first kappa shape index (κ1) is 22.2. The average Bonchev–Trinajstić information content (AvgIpc) is 2.77. The quantitative estimate of drug-likeness (QED) is 0.703. The van der Waals surface area contributed by atoms with Crippen LogP contribution in [-0.2, 0) is 14.8 Å². The van der Waals surface area contributed by atoms with Crippen molar-refractivity contribution in [3.63, 3.8) is 0 Å². The summed E-state index contributed by atoms with van der Waals surface area (Å²) in [5.74, 6) is 0.960. The number of carbonyl (C=O) groups is 1. The molecule has 1 atom stereocenters. The zero-order chi connectivity index (χ0) is 22.0. The number of nitrogens with one attached hydrogen (secondary N) is 1. The number of sulfonamides is 1.